The van der Waals surface area contributed by atoms with Gasteiger partial charge in [0.2, 0.25) is 0 Å². The number of benzene rings is 3. The highest BCUT2D eigenvalue weighted by atomic mass is 16.6. The fourth-order valence-corrected chi connectivity index (χ4v) is 3.16. The van der Waals surface area contributed by atoms with E-state index in [0.29, 0.717) is 28.4 Å². The van der Waals surface area contributed by atoms with Crippen molar-refractivity contribution in [2.75, 3.05) is 14.2 Å². The number of esters is 1. The van der Waals surface area contributed by atoms with Crippen molar-refractivity contribution in [3.8, 4) is 17.2 Å². The Morgan fingerprint density at radius 3 is 1.97 bits per heavy atom. The lowest BCUT2D eigenvalue weighted by Gasteiger charge is -2.19. The second kappa shape index (κ2) is 10.2. The van der Waals surface area contributed by atoms with Crippen LogP contribution in [0.3, 0.4) is 0 Å². The molecule has 0 heterocycles. The lowest BCUT2D eigenvalue weighted by molar-refractivity contribution is 0.0729. The van der Waals surface area contributed by atoms with E-state index in [2.05, 4.69) is 20.8 Å². The average Bonchev–Trinajstić information content (AvgIpc) is 2.82. The zero-order valence-corrected chi connectivity index (χ0v) is 19.5. The number of rotatable bonds is 7. The molecule has 33 heavy (non-hydrogen) atoms. The van der Waals surface area contributed by atoms with Crippen molar-refractivity contribution in [1.29, 1.82) is 0 Å². The molecule has 3 aromatic carbocycles. The van der Waals surface area contributed by atoms with Crippen LogP contribution < -0.4 is 14.2 Å². The Kier molecular flexibility index (Phi) is 7.34. The van der Waals surface area contributed by atoms with Crippen LogP contribution in [-0.2, 0) is 5.41 Å². The molecule has 5 nitrogen and oxygen atoms in total. The molecular weight excluding hydrogens is 416 g/mol. The highest BCUT2D eigenvalue weighted by Crippen LogP contribution is 2.30. The Hall–Kier alpha value is -3.86. The van der Waals surface area contributed by atoms with E-state index in [-0.39, 0.29) is 11.2 Å². The van der Waals surface area contributed by atoms with E-state index in [9.17, 15) is 9.59 Å². The number of hydrogen-bond acceptors (Lipinski definition) is 5. The summed E-state index contributed by atoms with van der Waals surface area (Å²) in [4.78, 5) is 25.0. The van der Waals surface area contributed by atoms with Crippen LogP contribution in [0.2, 0.25) is 0 Å². The molecule has 0 aliphatic heterocycles. The van der Waals surface area contributed by atoms with Crippen molar-refractivity contribution in [3.05, 3.63) is 95.1 Å². The van der Waals surface area contributed by atoms with Gasteiger partial charge in [0.1, 0.15) is 5.75 Å². The van der Waals surface area contributed by atoms with Crippen LogP contribution >= 0.6 is 0 Å². The average molecular weight is 445 g/mol. The Balaban J connectivity index is 1.71. The second-order valence-electron chi connectivity index (χ2n) is 8.55. The molecule has 0 bridgehead atoms. The number of hydrogen-bond donors (Lipinski definition) is 0. The third kappa shape index (κ3) is 6.10. The van der Waals surface area contributed by atoms with Gasteiger partial charge in [-0.1, -0.05) is 45.0 Å². The summed E-state index contributed by atoms with van der Waals surface area (Å²) in [5.74, 6) is 0.794. The Morgan fingerprint density at radius 2 is 1.39 bits per heavy atom. The van der Waals surface area contributed by atoms with E-state index in [0.717, 1.165) is 11.1 Å². The van der Waals surface area contributed by atoms with Gasteiger partial charge in [0, 0.05) is 5.56 Å². The summed E-state index contributed by atoms with van der Waals surface area (Å²) < 4.78 is 16.1. The summed E-state index contributed by atoms with van der Waals surface area (Å²) in [7, 11) is 3.08. The second-order valence-corrected chi connectivity index (χ2v) is 8.55. The van der Waals surface area contributed by atoms with Crippen LogP contribution in [0.5, 0.6) is 17.2 Å². The Bertz CT molecular complexity index is 1150. The van der Waals surface area contributed by atoms with Crippen molar-refractivity contribution in [1.82, 2.24) is 0 Å². The number of carbonyl (C=O) groups excluding carboxylic acids is 2. The SMILES string of the molecule is COc1ccc(C(=O)C=Cc2ccc(OC(=O)c3ccc(C(C)(C)C)cc3)c(OC)c2)cc1. The molecule has 0 fully saturated rings. The van der Waals surface area contributed by atoms with Gasteiger partial charge in [0.05, 0.1) is 19.8 Å². The minimum atomic E-state index is -0.466. The van der Waals surface area contributed by atoms with Crippen LogP contribution in [0.4, 0.5) is 0 Å². The van der Waals surface area contributed by atoms with E-state index in [1.54, 1.807) is 67.8 Å². The van der Waals surface area contributed by atoms with Crippen LogP contribution in [0.15, 0.2) is 72.8 Å². The molecule has 0 aliphatic rings. The summed E-state index contributed by atoms with van der Waals surface area (Å²) in [6, 6.07) is 19.4. The van der Waals surface area contributed by atoms with Gasteiger partial charge in [-0.25, -0.2) is 4.79 Å². The van der Waals surface area contributed by atoms with Crippen LogP contribution in [0.1, 0.15) is 52.6 Å². The van der Waals surface area contributed by atoms with E-state index in [4.69, 9.17) is 14.2 Å². The number of ketones is 1. The molecule has 170 valence electrons. The first-order chi connectivity index (χ1) is 15.7. The zero-order chi connectivity index (χ0) is 24.0. The first kappa shape index (κ1) is 23.8. The summed E-state index contributed by atoms with van der Waals surface area (Å²) in [5, 5.41) is 0. The number of allylic oxidation sites excluding steroid dienone is 1. The highest BCUT2D eigenvalue weighted by molar-refractivity contribution is 6.06. The maximum absolute atomic E-state index is 12.6. The molecule has 0 amide bonds. The van der Waals surface area contributed by atoms with E-state index < -0.39 is 5.97 Å². The van der Waals surface area contributed by atoms with Crippen LogP contribution in [0, 0.1) is 0 Å². The third-order valence-electron chi connectivity index (χ3n) is 5.18. The monoisotopic (exact) mass is 444 g/mol. The van der Waals surface area contributed by atoms with Crippen molar-refractivity contribution < 1.29 is 23.8 Å². The predicted octanol–water partition coefficient (Wildman–Crippen LogP) is 6.12. The summed E-state index contributed by atoms with van der Waals surface area (Å²) >= 11 is 0. The molecule has 0 saturated heterocycles. The van der Waals surface area contributed by atoms with Crippen molar-refractivity contribution in [2.24, 2.45) is 0 Å². The van der Waals surface area contributed by atoms with Gasteiger partial charge >= 0.3 is 5.97 Å². The molecule has 0 aliphatic carbocycles. The maximum Gasteiger partial charge on any atom is 0.343 e. The number of ether oxygens (including phenoxy) is 3. The molecular formula is C28H28O5. The molecule has 3 aromatic rings. The molecule has 0 unspecified atom stereocenters. The van der Waals surface area contributed by atoms with Crippen LogP contribution in [0.25, 0.3) is 6.08 Å². The normalized spacial score (nSPS) is 11.3. The van der Waals surface area contributed by atoms with E-state index in [1.807, 2.05) is 12.1 Å². The molecule has 3 rings (SSSR count). The lowest BCUT2D eigenvalue weighted by atomic mass is 9.87. The van der Waals surface area contributed by atoms with Crippen LogP contribution in [-0.4, -0.2) is 26.0 Å². The predicted molar refractivity (Wildman–Crippen MR) is 129 cm³/mol. The first-order valence-corrected chi connectivity index (χ1v) is 10.6. The largest absolute Gasteiger partial charge is 0.497 e. The molecule has 0 radical (unpaired) electrons. The molecule has 0 aromatic heterocycles. The molecule has 0 saturated carbocycles. The minimum Gasteiger partial charge on any atom is -0.497 e. The molecule has 0 N–H and O–H groups in total. The molecule has 5 heteroatoms. The first-order valence-electron chi connectivity index (χ1n) is 10.6. The Labute approximate surface area is 194 Å². The number of carbonyl (C=O) groups is 2. The third-order valence-corrected chi connectivity index (χ3v) is 5.18. The van der Waals surface area contributed by atoms with Gasteiger partial charge in [0.15, 0.2) is 17.3 Å². The van der Waals surface area contributed by atoms with Gasteiger partial charge in [-0.15, -0.1) is 0 Å². The number of methoxy groups -OCH3 is 2. The highest BCUT2D eigenvalue weighted by Gasteiger charge is 2.16. The van der Waals surface area contributed by atoms with Gasteiger partial charge in [-0.05, 0) is 71.1 Å². The zero-order valence-electron chi connectivity index (χ0n) is 19.5. The quantitative estimate of drug-likeness (QED) is 0.190. The topological polar surface area (TPSA) is 61.8 Å². The smallest absolute Gasteiger partial charge is 0.343 e. The van der Waals surface area contributed by atoms with Crippen molar-refractivity contribution in [3.63, 3.8) is 0 Å². The lowest BCUT2D eigenvalue weighted by Crippen LogP contribution is -2.13. The fourth-order valence-electron chi connectivity index (χ4n) is 3.16. The van der Waals surface area contributed by atoms with E-state index in [1.165, 1.54) is 13.2 Å². The van der Waals surface area contributed by atoms with Gasteiger partial charge in [-0.2, -0.15) is 0 Å². The molecule has 0 atom stereocenters. The maximum atomic E-state index is 12.6. The van der Waals surface area contributed by atoms with Gasteiger partial charge < -0.3 is 14.2 Å². The summed E-state index contributed by atoms with van der Waals surface area (Å²) in [6.45, 7) is 6.35. The molecule has 0 spiro atoms. The van der Waals surface area contributed by atoms with Gasteiger partial charge in [-0.3, -0.25) is 4.79 Å². The van der Waals surface area contributed by atoms with Gasteiger partial charge in [0.25, 0.3) is 0 Å². The summed E-state index contributed by atoms with van der Waals surface area (Å²) in [5.41, 5.74) is 2.89. The van der Waals surface area contributed by atoms with Crippen molar-refractivity contribution in [2.45, 2.75) is 26.2 Å². The minimum absolute atomic E-state index is 0.00373. The standard InChI is InChI=1S/C28H28O5/c1-28(2,3)22-12-8-21(9-13-22)27(30)33-25-17-7-19(18-26(25)32-5)6-16-24(29)20-10-14-23(31-4)15-11-20/h6-18H,1-5H3. The fraction of sp³-hybridized carbons (Fsp3) is 0.214. The summed E-state index contributed by atoms with van der Waals surface area (Å²) in [6.07, 6.45) is 3.17. The van der Waals surface area contributed by atoms with Crippen molar-refractivity contribution >= 4 is 17.8 Å². The van der Waals surface area contributed by atoms with E-state index >= 15 is 0 Å². The Morgan fingerprint density at radius 1 is 0.758 bits per heavy atom.